The van der Waals surface area contributed by atoms with Crippen molar-refractivity contribution in [2.24, 2.45) is 11.8 Å². The monoisotopic (exact) mass is 401 g/mol. The van der Waals surface area contributed by atoms with Crippen LogP contribution in [0, 0.1) is 11.8 Å². The van der Waals surface area contributed by atoms with Crippen LogP contribution in [0.2, 0.25) is 0 Å². The van der Waals surface area contributed by atoms with E-state index in [2.05, 4.69) is 53.6 Å². The third-order valence-electron chi connectivity index (χ3n) is 5.72. The molecule has 0 spiro atoms. The minimum absolute atomic E-state index is 0. The summed E-state index contributed by atoms with van der Waals surface area (Å²) < 4.78 is 0. The zero-order valence-electron chi connectivity index (χ0n) is 15.9. The summed E-state index contributed by atoms with van der Waals surface area (Å²) in [6, 6.07) is 9.14. The smallest absolute Gasteiger partial charge is 0.220 e. The summed E-state index contributed by atoms with van der Waals surface area (Å²) in [5.74, 6) is 1.39. The molecule has 0 bridgehead atoms. The molecular formula is C20H33Cl2N3O. The number of hydrogen-bond donors (Lipinski definition) is 2. The Morgan fingerprint density at radius 3 is 2.69 bits per heavy atom. The van der Waals surface area contributed by atoms with Gasteiger partial charge in [0.2, 0.25) is 5.91 Å². The van der Waals surface area contributed by atoms with Gasteiger partial charge in [-0.15, -0.1) is 24.8 Å². The van der Waals surface area contributed by atoms with Crippen LogP contribution in [-0.4, -0.2) is 38.1 Å². The van der Waals surface area contributed by atoms with Gasteiger partial charge in [0, 0.05) is 31.2 Å². The van der Waals surface area contributed by atoms with Crippen LogP contribution >= 0.6 is 24.8 Å². The number of anilines is 1. The van der Waals surface area contributed by atoms with Gasteiger partial charge < -0.3 is 15.5 Å². The van der Waals surface area contributed by atoms with E-state index in [1.807, 2.05) is 0 Å². The van der Waals surface area contributed by atoms with Crippen LogP contribution in [0.3, 0.4) is 0 Å². The minimum atomic E-state index is 0. The highest BCUT2D eigenvalue weighted by Crippen LogP contribution is 2.31. The molecule has 2 aliphatic heterocycles. The highest BCUT2D eigenvalue weighted by atomic mass is 35.5. The number of amides is 1. The van der Waals surface area contributed by atoms with Crippen LogP contribution in [0.25, 0.3) is 0 Å². The highest BCUT2D eigenvalue weighted by molar-refractivity contribution is 5.85. The third kappa shape index (κ3) is 5.77. The van der Waals surface area contributed by atoms with Gasteiger partial charge in [-0.25, -0.2) is 0 Å². The number of nitrogens with zero attached hydrogens (tertiary/aromatic N) is 1. The zero-order chi connectivity index (χ0) is 16.9. The molecule has 2 atom stereocenters. The Bertz CT molecular complexity index is 564. The first-order valence-electron chi connectivity index (χ1n) is 9.47. The van der Waals surface area contributed by atoms with Gasteiger partial charge in [-0.1, -0.05) is 25.1 Å². The Labute approximate surface area is 170 Å². The molecular weight excluding hydrogens is 369 g/mol. The molecule has 4 nitrogen and oxygen atoms in total. The van der Waals surface area contributed by atoms with Crippen molar-refractivity contribution in [2.75, 3.05) is 31.1 Å². The molecule has 1 saturated heterocycles. The molecule has 2 N–H and O–H groups in total. The molecule has 2 heterocycles. The van der Waals surface area contributed by atoms with Gasteiger partial charge in [0.25, 0.3) is 0 Å². The van der Waals surface area contributed by atoms with E-state index < -0.39 is 0 Å². The number of fused-ring (bicyclic) bond motifs is 1. The molecule has 1 fully saturated rings. The van der Waals surface area contributed by atoms with E-state index in [9.17, 15) is 4.79 Å². The molecule has 6 heteroatoms. The molecule has 26 heavy (non-hydrogen) atoms. The number of benzene rings is 1. The largest absolute Gasteiger partial charge is 0.367 e. The summed E-state index contributed by atoms with van der Waals surface area (Å²) in [5.41, 5.74) is 2.76. The summed E-state index contributed by atoms with van der Waals surface area (Å²) in [6.07, 6.45) is 4.18. The maximum absolute atomic E-state index is 12.3. The fourth-order valence-corrected chi connectivity index (χ4v) is 4.23. The molecule has 3 rings (SSSR count). The standard InChI is InChI=1S/C20H31N3O.2ClH/c1-15(17-7-9-21-10-8-17)13-20(24)22-11-12-23-16(2)14-18-5-3-4-6-19(18)23;;/h3-6,15-17,21H,7-14H2,1-2H3,(H,22,24);2*1H. The van der Waals surface area contributed by atoms with Gasteiger partial charge in [0.15, 0.2) is 0 Å². The van der Waals surface area contributed by atoms with Crippen LogP contribution in [0.5, 0.6) is 0 Å². The lowest BCUT2D eigenvalue weighted by Gasteiger charge is -2.28. The maximum Gasteiger partial charge on any atom is 0.220 e. The summed E-state index contributed by atoms with van der Waals surface area (Å²) in [7, 11) is 0. The number of carbonyl (C=O) groups excluding carboxylic acids is 1. The topological polar surface area (TPSA) is 44.4 Å². The highest BCUT2D eigenvalue weighted by Gasteiger charge is 2.25. The third-order valence-corrected chi connectivity index (χ3v) is 5.72. The fraction of sp³-hybridized carbons (Fsp3) is 0.650. The predicted octanol–water partition coefficient (Wildman–Crippen LogP) is 3.42. The SMILES string of the molecule is CC(CC(=O)NCCN1c2ccccc2CC1C)C1CCNCC1.Cl.Cl. The van der Waals surface area contributed by atoms with Crippen LogP contribution in [-0.2, 0) is 11.2 Å². The van der Waals surface area contributed by atoms with Crippen molar-refractivity contribution in [2.45, 2.75) is 45.6 Å². The van der Waals surface area contributed by atoms with Crippen molar-refractivity contribution in [1.82, 2.24) is 10.6 Å². The Kier molecular flexibility index (Phi) is 9.77. The van der Waals surface area contributed by atoms with Gasteiger partial charge in [-0.2, -0.15) is 0 Å². The molecule has 0 aromatic heterocycles. The van der Waals surface area contributed by atoms with E-state index in [4.69, 9.17) is 0 Å². The number of carbonyl (C=O) groups is 1. The Morgan fingerprint density at radius 2 is 1.96 bits per heavy atom. The average molecular weight is 402 g/mol. The van der Waals surface area contributed by atoms with Crippen LogP contribution in [0.15, 0.2) is 24.3 Å². The number of piperidine rings is 1. The van der Waals surface area contributed by atoms with E-state index in [0.29, 0.717) is 24.3 Å². The van der Waals surface area contributed by atoms with Gasteiger partial charge in [-0.05, 0) is 62.7 Å². The molecule has 2 aliphatic rings. The number of halogens is 2. The molecule has 0 radical (unpaired) electrons. The van der Waals surface area contributed by atoms with E-state index >= 15 is 0 Å². The summed E-state index contributed by atoms with van der Waals surface area (Å²) >= 11 is 0. The lowest BCUT2D eigenvalue weighted by Crippen LogP contribution is -2.39. The van der Waals surface area contributed by atoms with Crippen molar-refractivity contribution < 1.29 is 4.79 Å². The number of rotatable bonds is 6. The first kappa shape index (κ1) is 23.1. The van der Waals surface area contributed by atoms with Crippen LogP contribution in [0.1, 0.15) is 38.7 Å². The lowest BCUT2D eigenvalue weighted by atomic mass is 9.84. The molecule has 1 aromatic rings. The van der Waals surface area contributed by atoms with Crippen LogP contribution < -0.4 is 15.5 Å². The normalized spacial score (nSPS) is 20.5. The van der Waals surface area contributed by atoms with Gasteiger partial charge in [-0.3, -0.25) is 4.79 Å². The predicted molar refractivity (Wildman–Crippen MR) is 114 cm³/mol. The first-order chi connectivity index (χ1) is 11.6. The molecule has 1 amide bonds. The van der Waals surface area contributed by atoms with E-state index in [1.54, 1.807) is 0 Å². The molecule has 148 valence electrons. The van der Waals surface area contributed by atoms with E-state index in [0.717, 1.165) is 32.6 Å². The fourth-order valence-electron chi connectivity index (χ4n) is 4.23. The van der Waals surface area contributed by atoms with Crippen molar-refractivity contribution >= 4 is 36.4 Å². The Morgan fingerprint density at radius 1 is 1.27 bits per heavy atom. The van der Waals surface area contributed by atoms with Crippen LogP contribution in [0.4, 0.5) is 5.69 Å². The molecule has 0 saturated carbocycles. The Hall–Kier alpha value is -0.970. The molecule has 1 aromatic carbocycles. The van der Waals surface area contributed by atoms with Crippen molar-refractivity contribution in [3.05, 3.63) is 29.8 Å². The number of nitrogens with one attached hydrogen (secondary N) is 2. The molecule has 2 unspecified atom stereocenters. The minimum Gasteiger partial charge on any atom is -0.367 e. The van der Waals surface area contributed by atoms with Gasteiger partial charge >= 0.3 is 0 Å². The maximum atomic E-state index is 12.3. The average Bonchev–Trinajstić information content (AvgIpc) is 2.91. The van der Waals surface area contributed by atoms with E-state index in [1.165, 1.54) is 24.1 Å². The number of hydrogen-bond acceptors (Lipinski definition) is 3. The second-order valence-corrected chi connectivity index (χ2v) is 7.49. The summed E-state index contributed by atoms with van der Waals surface area (Å²) in [5, 5.41) is 6.53. The quantitative estimate of drug-likeness (QED) is 0.767. The van der Waals surface area contributed by atoms with Crippen molar-refractivity contribution in [3.63, 3.8) is 0 Å². The van der Waals surface area contributed by atoms with Crippen molar-refractivity contribution in [3.8, 4) is 0 Å². The lowest BCUT2D eigenvalue weighted by molar-refractivity contribution is -0.122. The van der Waals surface area contributed by atoms with Crippen molar-refractivity contribution in [1.29, 1.82) is 0 Å². The second-order valence-electron chi connectivity index (χ2n) is 7.49. The summed E-state index contributed by atoms with van der Waals surface area (Å²) in [6.45, 7) is 8.32. The first-order valence-corrected chi connectivity index (χ1v) is 9.47. The second kappa shape index (κ2) is 11.0. The van der Waals surface area contributed by atoms with Gasteiger partial charge in [0.05, 0.1) is 0 Å². The summed E-state index contributed by atoms with van der Waals surface area (Å²) in [4.78, 5) is 14.7. The number of para-hydroxylation sites is 1. The molecule has 0 aliphatic carbocycles. The van der Waals surface area contributed by atoms with E-state index in [-0.39, 0.29) is 30.7 Å². The zero-order valence-corrected chi connectivity index (χ0v) is 17.5. The van der Waals surface area contributed by atoms with Gasteiger partial charge in [0.1, 0.15) is 0 Å². The Balaban J connectivity index is 0.00000169.